The average molecular weight is 463 g/mol. The summed E-state index contributed by atoms with van der Waals surface area (Å²) < 4.78 is 10.9. The Labute approximate surface area is 177 Å². The minimum absolute atomic E-state index is 0.278. The van der Waals surface area contributed by atoms with E-state index in [0.717, 1.165) is 0 Å². The molecular weight excluding hydrogens is 440 g/mol. The molecule has 0 bridgehead atoms. The molecule has 5 atom stereocenters. The van der Waals surface area contributed by atoms with Gasteiger partial charge in [-0.1, -0.05) is 64.5 Å². The molecule has 0 spiro atoms. The van der Waals surface area contributed by atoms with Crippen LogP contribution in [0.3, 0.4) is 0 Å². The van der Waals surface area contributed by atoms with E-state index < -0.39 is 40.5 Å². The number of aliphatic hydroxyl groups is 2. The van der Waals surface area contributed by atoms with E-state index >= 15 is 0 Å². The summed E-state index contributed by atoms with van der Waals surface area (Å²) in [5.74, 6) is -1.29. The molecule has 6 nitrogen and oxygen atoms in total. The topological polar surface area (TPSA) is 93.1 Å². The highest BCUT2D eigenvalue weighted by atomic mass is 79.9. The molecule has 1 saturated heterocycles. The van der Waals surface area contributed by atoms with Gasteiger partial charge in [0.2, 0.25) is 0 Å². The summed E-state index contributed by atoms with van der Waals surface area (Å²) >= 11 is 3.30. The number of hydrogen-bond donors (Lipinski definition) is 2. The summed E-state index contributed by atoms with van der Waals surface area (Å²) in [5, 5.41) is 22.4. The van der Waals surface area contributed by atoms with Crippen LogP contribution in [-0.2, 0) is 9.47 Å². The maximum atomic E-state index is 13.4. The lowest BCUT2D eigenvalue weighted by molar-refractivity contribution is -0.142. The van der Waals surface area contributed by atoms with Crippen molar-refractivity contribution < 1.29 is 29.3 Å². The van der Waals surface area contributed by atoms with Crippen molar-refractivity contribution in [2.45, 2.75) is 42.8 Å². The fraction of sp³-hybridized carbons (Fsp3) is 0.364. The lowest BCUT2D eigenvalue weighted by Crippen LogP contribution is -2.58. The molecule has 1 fully saturated rings. The van der Waals surface area contributed by atoms with Crippen LogP contribution in [0.25, 0.3) is 0 Å². The average Bonchev–Trinajstić information content (AvgIpc) is 2.98. The Kier molecular flexibility index (Phi) is 6.36. The number of hydrogen-bond acceptors (Lipinski definition) is 6. The van der Waals surface area contributed by atoms with E-state index in [-0.39, 0.29) is 5.56 Å². The highest BCUT2D eigenvalue weighted by Crippen LogP contribution is 2.41. The van der Waals surface area contributed by atoms with Crippen molar-refractivity contribution in [2.24, 2.45) is 0 Å². The normalized spacial score (nSPS) is 27.6. The number of carbonyl (C=O) groups is 2. The first kappa shape index (κ1) is 21.8. The predicted molar refractivity (Wildman–Crippen MR) is 110 cm³/mol. The van der Waals surface area contributed by atoms with Gasteiger partial charge in [0.1, 0.15) is 17.0 Å². The molecular formula is C22H23BrO6. The Balaban J connectivity index is 2.03. The molecule has 1 aliphatic heterocycles. The van der Waals surface area contributed by atoms with Crippen LogP contribution in [0.1, 0.15) is 31.8 Å². The van der Waals surface area contributed by atoms with Crippen LogP contribution in [0.5, 0.6) is 0 Å². The minimum atomic E-state index is -2.22. The molecule has 29 heavy (non-hydrogen) atoms. The van der Waals surface area contributed by atoms with Crippen LogP contribution < -0.4 is 0 Å². The summed E-state index contributed by atoms with van der Waals surface area (Å²) in [6.45, 7) is 3.48. The highest BCUT2D eigenvalue weighted by Gasteiger charge is 2.63. The highest BCUT2D eigenvalue weighted by molar-refractivity contribution is 9.09. The van der Waals surface area contributed by atoms with Crippen LogP contribution >= 0.6 is 15.9 Å². The third-order valence-electron chi connectivity index (χ3n) is 5.33. The molecule has 0 amide bonds. The smallest absolute Gasteiger partial charge is 0.198 e. The molecule has 1 unspecified atom stereocenters. The van der Waals surface area contributed by atoms with Gasteiger partial charge in [-0.15, -0.1) is 0 Å². The molecule has 3 rings (SSSR count). The number of aliphatic hydroxyl groups excluding tert-OH is 1. The zero-order valence-corrected chi connectivity index (χ0v) is 17.9. The van der Waals surface area contributed by atoms with Crippen LogP contribution in [0, 0.1) is 13.8 Å². The van der Waals surface area contributed by atoms with Crippen molar-refractivity contribution >= 4 is 27.5 Å². The Morgan fingerprint density at radius 2 is 1.59 bits per heavy atom. The van der Waals surface area contributed by atoms with Crippen molar-refractivity contribution in [1.29, 1.82) is 0 Å². The van der Waals surface area contributed by atoms with Crippen molar-refractivity contribution in [3.8, 4) is 0 Å². The van der Waals surface area contributed by atoms with E-state index in [1.54, 1.807) is 62.4 Å². The van der Waals surface area contributed by atoms with Gasteiger partial charge in [-0.2, -0.15) is 0 Å². The number of benzene rings is 2. The van der Waals surface area contributed by atoms with Crippen LogP contribution in [0.2, 0.25) is 0 Å². The number of ketones is 2. The summed E-state index contributed by atoms with van der Waals surface area (Å²) in [7, 11) is 1.36. The van der Waals surface area contributed by atoms with E-state index in [0.29, 0.717) is 16.7 Å². The fourth-order valence-electron chi connectivity index (χ4n) is 3.62. The molecule has 0 radical (unpaired) electrons. The largest absolute Gasteiger partial charge is 0.382 e. The molecule has 7 heteroatoms. The van der Waals surface area contributed by atoms with Crippen molar-refractivity contribution in [1.82, 2.24) is 0 Å². The van der Waals surface area contributed by atoms with E-state index in [9.17, 15) is 19.8 Å². The monoisotopic (exact) mass is 462 g/mol. The van der Waals surface area contributed by atoms with Crippen LogP contribution in [-0.4, -0.2) is 57.8 Å². The summed E-state index contributed by atoms with van der Waals surface area (Å²) in [4.78, 5) is 25.3. The second kappa shape index (κ2) is 8.45. The van der Waals surface area contributed by atoms with Gasteiger partial charge in [-0.25, -0.2) is 0 Å². The lowest BCUT2D eigenvalue weighted by Gasteiger charge is -2.32. The number of Topliss-reactive ketones (excluding diaryl/α,β-unsaturated/α-hetero) is 2. The summed E-state index contributed by atoms with van der Waals surface area (Å²) in [6.07, 6.45) is -4.32. The van der Waals surface area contributed by atoms with Crippen molar-refractivity contribution in [3.63, 3.8) is 0 Å². The molecule has 1 aliphatic rings. The maximum Gasteiger partial charge on any atom is 0.198 e. The zero-order valence-electron chi connectivity index (χ0n) is 16.3. The van der Waals surface area contributed by atoms with E-state index in [1.165, 1.54) is 7.11 Å². The first-order valence-corrected chi connectivity index (χ1v) is 10.1. The number of alkyl halides is 1. The van der Waals surface area contributed by atoms with Crippen molar-refractivity contribution in [2.75, 3.05) is 7.11 Å². The molecule has 0 aromatic heterocycles. The van der Waals surface area contributed by atoms with Gasteiger partial charge in [0, 0.05) is 18.2 Å². The minimum Gasteiger partial charge on any atom is -0.382 e. The first-order chi connectivity index (χ1) is 13.7. The Bertz CT molecular complexity index is 929. The van der Waals surface area contributed by atoms with Crippen LogP contribution in [0.15, 0.2) is 48.5 Å². The first-order valence-electron chi connectivity index (χ1n) is 9.16. The number of carbonyl (C=O) groups excluding carboxylic acids is 2. The lowest BCUT2D eigenvalue weighted by atomic mass is 9.81. The molecule has 2 aromatic rings. The molecule has 154 valence electrons. The Morgan fingerprint density at radius 1 is 1.07 bits per heavy atom. The van der Waals surface area contributed by atoms with E-state index in [2.05, 4.69) is 15.9 Å². The van der Waals surface area contributed by atoms with Gasteiger partial charge in [0.15, 0.2) is 23.5 Å². The van der Waals surface area contributed by atoms with Crippen molar-refractivity contribution in [3.05, 3.63) is 70.8 Å². The van der Waals surface area contributed by atoms with Gasteiger partial charge in [0.05, 0.1) is 0 Å². The molecule has 2 aromatic carbocycles. The molecule has 0 aliphatic carbocycles. The fourth-order valence-corrected chi connectivity index (χ4v) is 4.42. The number of aryl methyl sites for hydroxylation is 2. The Hall–Kier alpha value is -1.90. The maximum absolute atomic E-state index is 13.4. The molecule has 0 saturated carbocycles. The number of methoxy groups -OCH3 is 1. The second-order valence-corrected chi connectivity index (χ2v) is 8.14. The second-order valence-electron chi connectivity index (χ2n) is 7.16. The van der Waals surface area contributed by atoms with Gasteiger partial charge < -0.3 is 19.7 Å². The number of rotatable bonds is 6. The summed E-state index contributed by atoms with van der Waals surface area (Å²) in [6, 6.07) is 13.6. The van der Waals surface area contributed by atoms with Gasteiger partial charge in [-0.05, 0) is 25.0 Å². The number of ether oxygens (including phenoxy) is 2. The number of halogens is 1. The van der Waals surface area contributed by atoms with Gasteiger partial charge >= 0.3 is 0 Å². The Morgan fingerprint density at radius 3 is 2.10 bits per heavy atom. The summed E-state index contributed by atoms with van der Waals surface area (Å²) in [5.41, 5.74) is -0.321. The van der Waals surface area contributed by atoms with E-state index in [1.807, 2.05) is 0 Å². The standard InChI is InChI=1S/C22H23BrO6/c1-12-8-4-6-10-14(12)16(24)17(25)20-22(27,18(23)21(28-3)29-20)19(26)15-11-7-5-9-13(15)2/h4-11,17-18,20-21,25,27H,1-3H3/t17?,18-,20-,21-,22-/m0/s1. The van der Waals surface area contributed by atoms with Gasteiger partial charge in [0.25, 0.3) is 0 Å². The zero-order chi connectivity index (χ0) is 21.3. The van der Waals surface area contributed by atoms with E-state index in [4.69, 9.17) is 9.47 Å². The molecule has 1 heterocycles. The third kappa shape index (κ3) is 3.69. The van der Waals surface area contributed by atoms with Gasteiger partial charge in [-0.3, -0.25) is 9.59 Å². The SMILES string of the molecule is CO[C@H]1O[C@@H](C(O)C(=O)c2ccccc2C)[C@@](O)(C(=O)c2ccccc2C)[C@H]1Br. The third-order valence-corrected chi connectivity index (χ3v) is 6.46. The quantitative estimate of drug-likeness (QED) is 0.506. The molecule has 2 N–H and O–H groups in total. The predicted octanol–water partition coefficient (Wildman–Crippen LogP) is 2.60. The van der Waals surface area contributed by atoms with Crippen LogP contribution in [0.4, 0.5) is 0 Å².